The summed E-state index contributed by atoms with van der Waals surface area (Å²) in [6, 6.07) is 20.0. The predicted octanol–water partition coefficient (Wildman–Crippen LogP) is 3.98. The van der Waals surface area contributed by atoms with Gasteiger partial charge in [-0.05, 0) is 50.3 Å². The first-order chi connectivity index (χ1) is 11.6. The van der Waals surface area contributed by atoms with Gasteiger partial charge >= 0.3 is 0 Å². The maximum Gasteiger partial charge on any atom is 0.171 e. The number of thiocarbonyl (C=S) groups is 1. The minimum Gasteiger partial charge on any atom is -0.358 e. The number of hydrogen-bond donors (Lipinski definition) is 2. The van der Waals surface area contributed by atoms with Gasteiger partial charge in [-0.15, -0.1) is 0 Å². The maximum atomic E-state index is 5.37. The summed E-state index contributed by atoms with van der Waals surface area (Å²) < 4.78 is 1.97. The number of benzene rings is 2. The van der Waals surface area contributed by atoms with E-state index in [0.29, 0.717) is 11.7 Å². The van der Waals surface area contributed by atoms with Gasteiger partial charge in [0.05, 0.1) is 11.4 Å². The van der Waals surface area contributed by atoms with Crippen LogP contribution in [-0.2, 0) is 6.54 Å². The summed E-state index contributed by atoms with van der Waals surface area (Å²) in [5, 5.41) is 11.7. The first-order valence-corrected chi connectivity index (χ1v) is 8.26. The van der Waals surface area contributed by atoms with Crippen molar-refractivity contribution in [1.82, 2.24) is 15.1 Å². The van der Waals surface area contributed by atoms with E-state index >= 15 is 0 Å². The van der Waals surface area contributed by atoms with Gasteiger partial charge in [0.1, 0.15) is 0 Å². The molecule has 24 heavy (non-hydrogen) atoms. The Morgan fingerprint density at radius 3 is 2.29 bits per heavy atom. The van der Waals surface area contributed by atoms with E-state index in [1.165, 1.54) is 0 Å². The fourth-order valence-electron chi connectivity index (χ4n) is 2.62. The summed E-state index contributed by atoms with van der Waals surface area (Å²) >= 11 is 5.37. The van der Waals surface area contributed by atoms with Gasteiger partial charge in [0.25, 0.3) is 0 Å². The van der Waals surface area contributed by atoms with E-state index in [0.717, 1.165) is 28.3 Å². The third-order valence-electron chi connectivity index (χ3n) is 3.90. The second-order valence-electron chi connectivity index (χ2n) is 5.57. The number of anilines is 1. The molecule has 3 rings (SSSR count). The lowest BCUT2D eigenvalue weighted by Gasteiger charge is -2.11. The Hall–Kier alpha value is -2.66. The highest BCUT2D eigenvalue weighted by atomic mass is 32.1. The lowest BCUT2D eigenvalue weighted by molar-refractivity contribution is 0.830. The standard InChI is InChI=1S/C19H20N4S/c1-14-18(13-20-19(24)21-16-9-5-3-6-10-16)15(2)23(22-14)17-11-7-4-8-12-17/h3-12H,13H2,1-2H3,(H2,20,21,24). The predicted molar refractivity (Wildman–Crippen MR) is 103 cm³/mol. The molecule has 4 nitrogen and oxygen atoms in total. The van der Waals surface area contributed by atoms with E-state index in [1.54, 1.807) is 0 Å². The third-order valence-corrected chi connectivity index (χ3v) is 4.15. The molecule has 1 heterocycles. The zero-order valence-corrected chi connectivity index (χ0v) is 14.6. The van der Waals surface area contributed by atoms with E-state index in [4.69, 9.17) is 12.2 Å². The molecule has 0 aliphatic rings. The summed E-state index contributed by atoms with van der Waals surface area (Å²) in [7, 11) is 0. The van der Waals surface area contributed by atoms with Gasteiger partial charge in [0.2, 0.25) is 0 Å². The van der Waals surface area contributed by atoms with Crippen LogP contribution >= 0.6 is 12.2 Å². The van der Waals surface area contributed by atoms with Crippen LogP contribution in [0.15, 0.2) is 60.7 Å². The average Bonchev–Trinajstić information content (AvgIpc) is 2.89. The van der Waals surface area contributed by atoms with Crippen molar-refractivity contribution in [3.63, 3.8) is 0 Å². The highest BCUT2D eigenvalue weighted by Gasteiger charge is 2.12. The Labute approximate surface area is 147 Å². The monoisotopic (exact) mass is 336 g/mol. The molecule has 0 radical (unpaired) electrons. The molecular formula is C19H20N4S. The Kier molecular flexibility index (Phi) is 4.91. The second-order valence-corrected chi connectivity index (χ2v) is 5.98. The fourth-order valence-corrected chi connectivity index (χ4v) is 2.81. The number of rotatable bonds is 4. The molecule has 0 aliphatic heterocycles. The van der Waals surface area contributed by atoms with Crippen LogP contribution in [0.1, 0.15) is 17.0 Å². The quantitative estimate of drug-likeness (QED) is 0.707. The molecule has 0 spiro atoms. The van der Waals surface area contributed by atoms with Gasteiger partial charge in [-0.3, -0.25) is 0 Å². The van der Waals surface area contributed by atoms with Crippen LogP contribution in [0.25, 0.3) is 5.69 Å². The van der Waals surface area contributed by atoms with Crippen molar-refractivity contribution in [3.8, 4) is 5.69 Å². The third kappa shape index (κ3) is 3.63. The molecule has 2 N–H and O–H groups in total. The Balaban J connectivity index is 1.70. The number of para-hydroxylation sites is 2. The number of aryl methyl sites for hydroxylation is 1. The molecule has 5 heteroatoms. The zero-order chi connectivity index (χ0) is 16.9. The van der Waals surface area contributed by atoms with Crippen molar-refractivity contribution in [2.45, 2.75) is 20.4 Å². The summed E-state index contributed by atoms with van der Waals surface area (Å²) in [4.78, 5) is 0. The van der Waals surface area contributed by atoms with Gasteiger partial charge in [-0.1, -0.05) is 36.4 Å². The normalized spacial score (nSPS) is 10.4. The Morgan fingerprint density at radius 2 is 1.62 bits per heavy atom. The molecule has 2 aromatic carbocycles. The van der Waals surface area contributed by atoms with Crippen molar-refractivity contribution in [2.75, 3.05) is 5.32 Å². The van der Waals surface area contributed by atoms with Crippen LogP contribution in [0.4, 0.5) is 5.69 Å². The molecule has 3 aromatic rings. The van der Waals surface area contributed by atoms with Gasteiger partial charge in [-0.25, -0.2) is 4.68 Å². The van der Waals surface area contributed by atoms with E-state index in [1.807, 2.05) is 60.1 Å². The first-order valence-electron chi connectivity index (χ1n) is 7.85. The molecule has 122 valence electrons. The molecule has 0 unspecified atom stereocenters. The highest BCUT2D eigenvalue weighted by Crippen LogP contribution is 2.17. The van der Waals surface area contributed by atoms with Crippen molar-refractivity contribution in [3.05, 3.63) is 77.6 Å². The largest absolute Gasteiger partial charge is 0.358 e. The molecule has 0 saturated carbocycles. The van der Waals surface area contributed by atoms with Crippen LogP contribution in [-0.4, -0.2) is 14.9 Å². The Morgan fingerprint density at radius 1 is 1.00 bits per heavy atom. The van der Waals surface area contributed by atoms with Crippen LogP contribution in [0.3, 0.4) is 0 Å². The van der Waals surface area contributed by atoms with Crippen molar-refractivity contribution < 1.29 is 0 Å². The minimum atomic E-state index is 0.604. The summed E-state index contributed by atoms with van der Waals surface area (Å²) in [5.74, 6) is 0. The number of nitrogens with one attached hydrogen (secondary N) is 2. The van der Waals surface area contributed by atoms with Crippen LogP contribution < -0.4 is 10.6 Å². The van der Waals surface area contributed by atoms with Gasteiger partial charge in [0.15, 0.2) is 5.11 Å². The van der Waals surface area contributed by atoms with Crippen LogP contribution in [0.5, 0.6) is 0 Å². The van der Waals surface area contributed by atoms with Crippen molar-refractivity contribution >= 4 is 23.0 Å². The maximum absolute atomic E-state index is 5.37. The molecule has 0 amide bonds. The number of nitrogens with zero attached hydrogens (tertiary/aromatic N) is 2. The molecule has 0 atom stereocenters. The summed E-state index contributed by atoms with van der Waals surface area (Å²) in [5.41, 5.74) is 5.33. The molecular weight excluding hydrogens is 316 g/mol. The lowest BCUT2D eigenvalue weighted by Crippen LogP contribution is -2.28. The minimum absolute atomic E-state index is 0.604. The van der Waals surface area contributed by atoms with Crippen molar-refractivity contribution in [1.29, 1.82) is 0 Å². The summed E-state index contributed by atoms with van der Waals surface area (Å²) in [6.07, 6.45) is 0. The number of hydrogen-bond acceptors (Lipinski definition) is 2. The smallest absolute Gasteiger partial charge is 0.171 e. The second kappa shape index (κ2) is 7.27. The topological polar surface area (TPSA) is 41.9 Å². The van der Waals surface area contributed by atoms with Gasteiger partial charge < -0.3 is 10.6 Å². The molecule has 0 bridgehead atoms. The van der Waals surface area contributed by atoms with Crippen molar-refractivity contribution in [2.24, 2.45) is 0 Å². The lowest BCUT2D eigenvalue weighted by atomic mass is 10.2. The molecule has 0 aliphatic carbocycles. The fraction of sp³-hybridized carbons (Fsp3) is 0.158. The molecule has 0 saturated heterocycles. The molecule has 0 fully saturated rings. The van der Waals surface area contributed by atoms with Gasteiger partial charge in [0, 0.05) is 23.5 Å². The van der Waals surface area contributed by atoms with E-state index in [2.05, 4.69) is 34.8 Å². The van der Waals surface area contributed by atoms with E-state index < -0.39 is 0 Å². The highest BCUT2D eigenvalue weighted by molar-refractivity contribution is 7.80. The molecule has 1 aromatic heterocycles. The average molecular weight is 336 g/mol. The SMILES string of the molecule is Cc1nn(-c2ccccc2)c(C)c1CNC(=S)Nc1ccccc1. The zero-order valence-electron chi connectivity index (χ0n) is 13.8. The van der Waals surface area contributed by atoms with Crippen LogP contribution in [0, 0.1) is 13.8 Å². The summed E-state index contributed by atoms with van der Waals surface area (Å²) in [6.45, 7) is 4.75. The van der Waals surface area contributed by atoms with Crippen LogP contribution in [0.2, 0.25) is 0 Å². The van der Waals surface area contributed by atoms with Gasteiger partial charge in [-0.2, -0.15) is 5.10 Å². The number of aromatic nitrogens is 2. The first kappa shape index (κ1) is 16.2. The van der Waals surface area contributed by atoms with E-state index in [-0.39, 0.29) is 0 Å². The van der Waals surface area contributed by atoms with E-state index in [9.17, 15) is 0 Å². The Bertz CT molecular complexity index is 825.